The van der Waals surface area contributed by atoms with Gasteiger partial charge < -0.3 is 9.55 Å². The third-order valence-corrected chi connectivity index (χ3v) is 3.60. The van der Waals surface area contributed by atoms with E-state index in [2.05, 4.69) is 25.8 Å². The van der Waals surface area contributed by atoms with E-state index in [1.807, 2.05) is 10.6 Å². The molecule has 98 valence electrons. The van der Waals surface area contributed by atoms with Crippen molar-refractivity contribution in [3.8, 4) is 0 Å². The number of nitrogens with zero attached hydrogens (tertiary/aromatic N) is 1. The molecular formula is C14H19FN2S. The summed E-state index contributed by atoms with van der Waals surface area (Å²) in [6.07, 6.45) is 2.19. The molecular weight excluding hydrogens is 247 g/mol. The summed E-state index contributed by atoms with van der Waals surface area (Å²) in [5.41, 5.74) is 1.37. The predicted molar refractivity (Wildman–Crippen MR) is 75.9 cm³/mol. The van der Waals surface area contributed by atoms with Crippen molar-refractivity contribution < 1.29 is 4.39 Å². The Morgan fingerprint density at radius 2 is 2.00 bits per heavy atom. The Bertz CT molecular complexity index is 597. The summed E-state index contributed by atoms with van der Waals surface area (Å²) in [4.78, 5) is 2.97. The molecule has 2 rings (SSSR count). The molecule has 0 aliphatic heterocycles. The molecule has 2 aromatic rings. The number of imidazole rings is 1. The van der Waals surface area contributed by atoms with E-state index in [4.69, 9.17) is 12.2 Å². The number of hydrogen-bond donors (Lipinski definition) is 1. The van der Waals surface area contributed by atoms with Crippen LogP contribution in [0.2, 0.25) is 0 Å². The van der Waals surface area contributed by atoms with Crippen molar-refractivity contribution in [3.05, 3.63) is 28.8 Å². The highest BCUT2D eigenvalue weighted by Gasteiger charge is 2.13. The van der Waals surface area contributed by atoms with Gasteiger partial charge in [-0.05, 0) is 50.0 Å². The molecule has 0 saturated carbocycles. The fraction of sp³-hybridized carbons (Fsp3) is 0.500. The third-order valence-electron chi connectivity index (χ3n) is 3.30. The Kier molecular flexibility index (Phi) is 3.85. The minimum absolute atomic E-state index is 0.242. The van der Waals surface area contributed by atoms with Crippen LogP contribution in [0.25, 0.3) is 11.0 Å². The first-order valence-electron chi connectivity index (χ1n) is 6.39. The molecule has 1 atom stereocenters. The van der Waals surface area contributed by atoms with Crippen LogP contribution >= 0.6 is 12.2 Å². The highest BCUT2D eigenvalue weighted by Crippen LogP contribution is 2.24. The Labute approximate surface area is 112 Å². The summed E-state index contributed by atoms with van der Waals surface area (Å²) in [5.74, 6) is 0.428. The summed E-state index contributed by atoms with van der Waals surface area (Å²) >= 11 is 5.31. The smallest absolute Gasteiger partial charge is 0.178 e. The third kappa shape index (κ3) is 2.48. The fourth-order valence-corrected chi connectivity index (χ4v) is 2.64. The number of nitrogens with one attached hydrogen (secondary N) is 1. The van der Waals surface area contributed by atoms with Gasteiger partial charge in [0.15, 0.2) is 4.77 Å². The zero-order valence-corrected chi connectivity index (χ0v) is 11.9. The van der Waals surface area contributed by atoms with Crippen LogP contribution in [0.4, 0.5) is 4.39 Å². The van der Waals surface area contributed by atoms with Crippen LogP contribution in [0.15, 0.2) is 18.2 Å². The average Bonchev–Trinajstić information content (AvgIpc) is 2.64. The van der Waals surface area contributed by atoms with E-state index in [0.29, 0.717) is 16.2 Å². The lowest BCUT2D eigenvalue weighted by atomic mass is 10.0. The van der Waals surface area contributed by atoms with Gasteiger partial charge in [-0.2, -0.15) is 0 Å². The molecule has 1 aromatic carbocycles. The van der Waals surface area contributed by atoms with Gasteiger partial charge in [0.2, 0.25) is 0 Å². The van der Waals surface area contributed by atoms with E-state index in [1.54, 1.807) is 6.07 Å². The van der Waals surface area contributed by atoms with Gasteiger partial charge >= 0.3 is 0 Å². The summed E-state index contributed by atoms with van der Waals surface area (Å²) < 4.78 is 16.3. The van der Waals surface area contributed by atoms with Gasteiger partial charge in [0, 0.05) is 6.04 Å². The van der Waals surface area contributed by atoms with Gasteiger partial charge in [0.1, 0.15) is 11.3 Å². The van der Waals surface area contributed by atoms with Crippen molar-refractivity contribution in [3.63, 3.8) is 0 Å². The van der Waals surface area contributed by atoms with Gasteiger partial charge in [0.25, 0.3) is 0 Å². The monoisotopic (exact) mass is 266 g/mol. The summed E-state index contributed by atoms with van der Waals surface area (Å²) in [6.45, 7) is 6.55. The van der Waals surface area contributed by atoms with E-state index >= 15 is 0 Å². The SMILES string of the molecule is CC(C)CCC(C)n1c(=S)[nH]c2c(F)cccc21. The quantitative estimate of drug-likeness (QED) is 0.786. The van der Waals surface area contributed by atoms with Crippen LogP contribution in [0, 0.1) is 16.5 Å². The van der Waals surface area contributed by atoms with E-state index < -0.39 is 0 Å². The average molecular weight is 266 g/mol. The van der Waals surface area contributed by atoms with Gasteiger partial charge in [-0.15, -0.1) is 0 Å². The topological polar surface area (TPSA) is 20.7 Å². The fourth-order valence-electron chi connectivity index (χ4n) is 2.26. The molecule has 18 heavy (non-hydrogen) atoms. The number of aromatic nitrogens is 2. The number of rotatable bonds is 4. The Hall–Kier alpha value is -1.16. The van der Waals surface area contributed by atoms with Gasteiger partial charge in [-0.1, -0.05) is 19.9 Å². The van der Waals surface area contributed by atoms with E-state index in [-0.39, 0.29) is 11.9 Å². The van der Waals surface area contributed by atoms with Gasteiger partial charge in [-0.3, -0.25) is 0 Å². The Morgan fingerprint density at radius 1 is 1.28 bits per heavy atom. The first-order valence-corrected chi connectivity index (χ1v) is 6.80. The number of halogens is 1. The van der Waals surface area contributed by atoms with Crippen molar-refractivity contribution >= 4 is 23.3 Å². The Balaban J connectivity index is 2.41. The minimum Gasteiger partial charge on any atom is -0.328 e. The first-order chi connectivity index (χ1) is 8.50. The highest BCUT2D eigenvalue weighted by molar-refractivity contribution is 7.71. The molecule has 1 heterocycles. The maximum atomic E-state index is 13.7. The molecule has 1 N–H and O–H groups in total. The summed E-state index contributed by atoms with van der Waals surface area (Å²) in [6, 6.07) is 5.38. The van der Waals surface area contributed by atoms with Crippen LogP contribution in [0.3, 0.4) is 0 Å². The normalized spacial score (nSPS) is 13.4. The standard InChI is InChI=1S/C14H19FN2S/c1-9(2)7-8-10(3)17-12-6-4-5-11(15)13(12)16-14(17)18/h4-6,9-10H,7-8H2,1-3H3,(H,16,18). The molecule has 0 saturated heterocycles. The number of para-hydroxylation sites is 1. The van der Waals surface area contributed by atoms with E-state index in [9.17, 15) is 4.39 Å². The highest BCUT2D eigenvalue weighted by atomic mass is 32.1. The molecule has 0 fully saturated rings. The molecule has 4 heteroatoms. The molecule has 0 amide bonds. The van der Waals surface area contributed by atoms with Crippen LogP contribution in [0.1, 0.15) is 39.7 Å². The van der Waals surface area contributed by atoms with Gasteiger partial charge in [-0.25, -0.2) is 4.39 Å². The van der Waals surface area contributed by atoms with Crippen LogP contribution < -0.4 is 0 Å². The van der Waals surface area contributed by atoms with Gasteiger partial charge in [0.05, 0.1) is 5.52 Å². The van der Waals surface area contributed by atoms with Crippen molar-refractivity contribution in [2.45, 2.75) is 39.7 Å². The predicted octanol–water partition coefficient (Wildman–Crippen LogP) is 4.84. The Morgan fingerprint density at radius 3 is 2.67 bits per heavy atom. The minimum atomic E-state index is -0.242. The molecule has 0 aliphatic rings. The summed E-state index contributed by atoms with van der Waals surface area (Å²) in [7, 11) is 0. The molecule has 2 nitrogen and oxygen atoms in total. The zero-order valence-electron chi connectivity index (χ0n) is 11.0. The maximum absolute atomic E-state index is 13.7. The second kappa shape index (κ2) is 5.22. The lowest BCUT2D eigenvalue weighted by Gasteiger charge is -2.15. The number of hydrogen-bond acceptors (Lipinski definition) is 1. The van der Waals surface area contributed by atoms with Crippen LogP contribution in [-0.2, 0) is 0 Å². The number of aromatic amines is 1. The molecule has 1 unspecified atom stereocenters. The van der Waals surface area contributed by atoms with Crippen molar-refractivity contribution in [2.24, 2.45) is 5.92 Å². The van der Waals surface area contributed by atoms with Crippen molar-refractivity contribution in [1.29, 1.82) is 0 Å². The molecule has 0 radical (unpaired) electrons. The second-order valence-corrected chi connectivity index (χ2v) is 5.64. The molecule has 1 aromatic heterocycles. The number of benzene rings is 1. The number of H-pyrrole nitrogens is 1. The largest absolute Gasteiger partial charge is 0.328 e. The lowest BCUT2D eigenvalue weighted by Crippen LogP contribution is -2.06. The van der Waals surface area contributed by atoms with Crippen LogP contribution in [0.5, 0.6) is 0 Å². The second-order valence-electron chi connectivity index (χ2n) is 5.25. The summed E-state index contributed by atoms with van der Waals surface area (Å²) in [5, 5.41) is 0. The molecule has 0 bridgehead atoms. The first kappa shape index (κ1) is 13.3. The van der Waals surface area contributed by atoms with Crippen molar-refractivity contribution in [1.82, 2.24) is 9.55 Å². The maximum Gasteiger partial charge on any atom is 0.178 e. The van der Waals surface area contributed by atoms with Crippen molar-refractivity contribution in [2.75, 3.05) is 0 Å². The number of fused-ring (bicyclic) bond motifs is 1. The molecule has 0 aliphatic carbocycles. The lowest BCUT2D eigenvalue weighted by molar-refractivity contribution is 0.443. The zero-order chi connectivity index (χ0) is 13.3. The van der Waals surface area contributed by atoms with E-state index in [1.165, 1.54) is 6.07 Å². The van der Waals surface area contributed by atoms with E-state index in [0.717, 1.165) is 18.4 Å². The molecule has 0 spiro atoms. The van der Waals surface area contributed by atoms with Crippen LogP contribution in [-0.4, -0.2) is 9.55 Å².